The van der Waals surface area contributed by atoms with E-state index < -0.39 is 73.6 Å². The molecule has 2 N–H and O–H groups in total. The van der Waals surface area contributed by atoms with Crippen molar-refractivity contribution in [1.82, 2.24) is 0 Å². The summed E-state index contributed by atoms with van der Waals surface area (Å²) in [4.78, 5) is 0. The van der Waals surface area contributed by atoms with E-state index in [0.717, 1.165) is 83.0 Å². The third kappa shape index (κ3) is 24.6. The number of rotatable bonds is 30. The molecule has 2 saturated carbocycles. The maximum absolute atomic E-state index is 10.9. The third-order valence-corrected chi connectivity index (χ3v) is 17.6. The first-order valence-corrected chi connectivity index (χ1v) is 33.6. The molecule has 4 fully saturated rings. The minimum atomic E-state index is -0.806. The van der Waals surface area contributed by atoms with E-state index in [1.54, 1.807) is 0 Å². The van der Waals surface area contributed by atoms with Crippen LogP contribution in [0.2, 0.25) is 0 Å². The van der Waals surface area contributed by atoms with Crippen LogP contribution in [-0.2, 0) is 110 Å². The second-order valence-corrected chi connectivity index (χ2v) is 24.7. The zero-order valence-electron chi connectivity index (χ0n) is 54.7. The smallest absolute Gasteiger partial charge is 0.187 e. The zero-order chi connectivity index (χ0) is 64.2. The molecular formula is C82H104O14S2. The molecule has 0 aromatic heterocycles. The molecule has 14 atom stereocenters. The minimum Gasteiger partial charge on any atom is -0.390 e. The van der Waals surface area contributed by atoms with E-state index >= 15 is 0 Å². The Labute approximate surface area is 596 Å². The summed E-state index contributed by atoms with van der Waals surface area (Å²) in [6, 6.07) is 80.7. The molecule has 2 aliphatic heterocycles. The number of aliphatic hydroxyl groups is 2. The Kier molecular flexibility index (Phi) is 35.2. The first-order chi connectivity index (χ1) is 46.5. The number of benzene rings is 8. The summed E-state index contributed by atoms with van der Waals surface area (Å²) in [5, 5.41) is 21.8. The van der Waals surface area contributed by atoms with Gasteiger partial charge in [-0.15, -0.1) is 0 Å². The van der Waals surface area contributed by atoms with Crippen molar-refractivity contribution in [2.75, 3.05) is 13.2 Å². The fourth-order valence-corrected chi connectivity index (χ4v) is 12.5. The summed E-state index contributed by atoms with van der Waals surface area (Å²) >= 11 is 0. The van der Waals surface area contributed by atoms with Crippen LogP contribution in [-0.4, -0.2) is 109 Å². The normalized spacial score (nSPS) is 25.1. The molecule has 16 heteroatoms. The van der Waals surface area contributed by atoms with Crippen LogP contribution in [0.4, 0.5) is 0 Å². The molecule has 4 aliphatic rings. The molecule has 8 aromatic carbocycles. The Morgan fingerprint density at radius 2 is 0.490 bits per heavy atom. The van der Waals surface area contributed by atoms with Crippen LogP contribution in [0.5, 0.6) is 0 Å². The lowest BCUT2D eigenvalue weighted by atomic mass is 9.94. The monoisotopic (exact) mass is 1380 g/mol. The van der Waals surface area contributed by atoms with Gasteiger partial charge in [0.25, 0.3) is 0 Å². The summed E-state index contributed by atoms with van der Waals surface area (Å²) in [7, 11) is 0. The number of ether oxygens (including phenoxy) is 12. The van der Waals surface area contributed by atoms with Gasteiger partial charge in [-0.1, -0.05) is 283 Å². The molecular weight excluding hydrogens is 1270 g/mol. The Morgan fingerprint density at radius 1 is 0.276 bits per heavy atom. The van der Waals surface area contributed by atoms with Gasteiger partial charge >= 0.3 is 0 Å². The molecule has 2 aliphatic carbocycles. The van der Waals surface area contributed by atoms with E-state index in [1.807, 2.05) is 243 Å². The predicted molar refractivity (Wildman–Crippen MR) is 393 cm³/mol. The number of hydrogen-bond donors (Lipinski definition) is 2. The molecule has 2 heterocycles. The first-order valence-electron chi connectivity index (χ1n) is 33.6. The van der Waals surface area contributed by atoms with Gasteiger partial charge in [0.1, 0.15) is 48.8 Å². The SMILES string of the molecule is C.C.O[C@@H]1CCCC[C@H]1OC1OC(COCc2ccccc2)C(OCc2ccccc2)C(OCc2ccccc2)C1OCc1ccccc1.O[C@H]1CCCC[C@@H]1OC1OC(COCc2ccccc2)C(OCc2ccccc2)C(OCc2ccccc2)C1OCc1ccccc1.S.S. The average Bonchev–Trinajstić information content (AvgIpc) is 0.794. The van der Waals surface area contributed by atoms with Crippen molar-refractivity contribution in [2.24, 2.45) is 0 Å². The summed E-state index contributed by atoms with van der Waals surface area (Å²) < 4.78 is 79.7. The summed E-state index contributed by atoms with van der Waals surface area (Å²) in [6.45, 7) is 3.53. The van der Waals surface area contributed by atoms with Crippen LogP contribution >= 0.6 is 27.0 Å². The molecule has 528 valence electrons. The van der Waals surface area contributed by atoms with Gasteiger partial charge < -0.3 is 67.1 Å². The standard InChI is InChI=1S/2C40H46O7.2CH4.2H2S/c2*41-34-23-13-14-24-35(34)46-40-39(45-28-33-21-11-4-12-22-33)38(44-27-32-19-9-3-10-20-32)37(43-26-31-17-7-2-8-18-31)36(47-40)29-42-25-30-15-5-1-6-16-30;;;;/h2*1-12,15-22,34-41H,13-14,23-29H2;2*1H4;2*1H2/t2*34-,35-,36?,37?,38?,39?,40?;;;;/m10..../s1. The molecule has 12 rings (SSSR count). The van der Waals surface area contributed by atoms with E-state index in [2.05, 4.69) is 0 Å². The largest absolute Gasteiger partial charge is 0.390 e. The molecule has 14 nitrogen and oxygen atoms in total. The van der Waals surface area contributed by atoms with Gasteiger partial charge in [-0.25, -0.2) is 0 Å². The van der Waals surface area contributed by atoms with E-state index in [9.17, 15) is 10.2 Å². The van der Waals surface area contributed by atoms with Crippen molar-refractivity contribution in [3.63, 3.8) is 0 Å². The predicted octanol–water partition coefficient (Wildman–Crippen LogP) is 15.5. The molecule has 10 unspecified atom stereocenters. The van der Waals surface area contributed by atoms with Gasteiger partial charge in [-0.05, 0) is 70.2 Å². The van der Waals surface area contributed by atoms with Crippen LogP contribution in [0.25, 0.3) is 0 Å². The molecule has 0 radical (unpaired) electrons. The minimum absolute atomic E-state index is 0. The molecule has 98 heavy (non-hydrogen) atoms. The van der Waals surface area contributed by atoms with Crippen molar-refractivity contribution in [3.8, 4) is 0 Å². The number of aliphatic hydroxyl groups excluding tert-OH is 2. The average molecular weight is 1380 g/mol. The molecule has 2 saturated heterocycles. The maximum atomic E-state index is 10.9. The second kappa shape index (κ2) is 43.5. The van der Waals surface area contributed by atoms with Gasteiger partial charge in [0.05, 0.1) is 90.5 Å². The van der Waals surface area contributed by atoms with Crippen LogP contribution in [0.15, 0.2) is 243 Å². The van der Waals surface area contributed by atoms with Gasteiger partial charge in [0.15, 0.2) is 12.6 Å². The highest BCUT2D eigenvalue weighted by atomic mass is 32.1. The van der Waals surface area contributed by atoms with E-state index in [1.165, 1.54) is 0 Å². The summed E-state index contributed by atoms with van der Waals surface area (Å²) in [5.41, 5.74) is 8.38. The molecule has 0 bridgehead atoms. The summed E-state index contributed by atoms with van der Waals surface area (Å²) in [5.74, 6) is 0. The Bertz CT molecular complexity index is 3080. The van der Waals surface area contributed by atoms with Crippen molar-refractivity contribution in [1.29, 1.82) is 0 Å². The second-order valence-electron chi connectivity index (χ2n) is 24.7. The highest BCUT2D eigenvalue weighted by Gasteiger charge is 2.52. The molecule has 0 amide bonds. The van der Waals surface area contributed by atoms with Crippen LogP contribution in [0.3, 0.4) is 0 Å². The van der Waals surface area contributed by atoms with Gasteiger partial charge in [0.2, 0.25) is 0 Å². The van der Waals surface area contributed by atoms with Gasteiger partial charge in [-0.2, -0.15) is 27.0 Å². The highest BCUT2D eigenvalue weighted by molar-refractivity contribution is 7.59. The third-order valence-electron chi connectivity index (χ3n) is 17.6. The Morgan fingerprint density at radius 3 is 0.735 bits per heavy atom. The van der Waals surface area contributed by atoms with E-state index in [4.69, 9.17) is 56.8 Å². The Balaban J connectivity index is 0.000000265. The van der Waals surface area contributed by atoms with E-state index in [0.29, 0.717) is 65.7 Å². The summed E-state index contributed by atoms with van der Waals surface area (Å²) in [6.07, 6.45) is -1.13. The van der Waals surface area contributed by atoms with E-state index in [-0.39, 0.29) is 67.3 Å². The van der Waals surface area contributed by atoms with Crippen molar-refractivity contribution in [3.05, 3.63) is 287 Å². The van der Waals surface area contributed by atoms with Crippen molar-refractivity contribution < 1.29 is 67.1 Å². The lowest BCUT2D eigenvalue weighted by Gasteiger charge is -2.47. The fraction of sp³-hybridized carbons (Fsp3) is 0.415. The lowest BCUT2D eigenvalue weighted by Crippen LogP contribution is -2.62. The van der Waals surface area contributed by atoms with Crippen molar-refractivity contribution in [2.45, 2.75) is 205 Å². The molecule has 8 aromatic rings. The topological polar surface area (TPSA) is 151 Å². The zero-order valence-corrected chi connectivity index (χ0v) is 56.7. The van der Waals surface area contributed by atoms with Crippen LogP contribution < -0.4 is 0 Å². The van der Waals surface area contributed by atoms with Crippen LogP contribution in [0.1, 0.15) is 111 Å². The maximum Gasteiger partial charge on any atom is 0.187 e. The van der Waals surface area contributed by atoms with Crippen LogP contribution in [0, 0.1) is 0 Å². The lowest BCUT2D eigenvalue weighted by molar-refractivity contribution is -0.342. The number of hydrogen-bond acceptors (Lipinski definition) is 14. The highest BCUT2D eigenvalue weighted by Crippen LogP contribution is 2.37. The van der Waals surface area contributed by atoms with Gasteiger partial charge in [0, 0.05) is 0 Å². The fourth-order valence-electron chi connectivity index (χ4n) is 12.5. The first kappa shape index (κ1) is 79.2. The van der Waals surface area contributed by atoms with Gasteiger partial charge in [-0.3, -0.25) is 0 Å². The quantitative estimate of drug-likeness (QED) is 0.0439. The Hall–Kier alpha value is -6.10. The van der Waals surface area contributed by atoms with Crippen molar-refractivity contribution >= 4 is 27.0 Å². The molecule has 0 spiro atoms.